The van der Waals surface area contributed by atoms with E-state index in [0.29, 0.717) is 12.0 Å². The van der Waals surface area contributed by atoms with E-state index in [1.807, 2.05) is 11.9 Å². The van der Waals surface area contributed by atoms with Crippen LogP contribution in [-0.4, -0.2) is 24.0 Å². The Kier molecular flexibility index (Phi) is 4.28. The lowest BCUT2D eigenvalue weighted by Crippen LogP contribution is -2.34. The molecule has 0 amide bonds. The van der Waals surface area contributed by atoms with Gasteiger partial charge in [-0.2, -0.15) is 5.26 Å². The van der Waals surface area contributed by atoms with Crippen molar-refractivity contribution in [3.8, 4) is 6.07 Å². The summed E-state index contributed by atoms with van der Waals surface area (Å²) in [5, 5.41) is 9.61. The number of rotatable bonds is 2. The number of nitrogens with zero attached hydrogens (tertiary/aromatic N) is 3. The largest absolute Gasteiger partial charge is 0.360 e. The molecule has 0 N–H and O–H groups in total. The smallest absolute Gasteiger partial charge is 0.117 e. The van der Waals surface area contributed by atoms with Crippen molar-refractivity contribution in [3.05, 3.63) is 101 Å². The molecule has 3 nitrogen and oxygen atoms in total. The summed E-state index contributed by atoms with van der Waals surface area (Å²) in [5.74, 6) is 0.385. The molecule has 144 valence electrons. The number of para-hydroxylation sites is 1. The number of allylic oxidation sites excluding steroid dienone is 8. The normalized spacial score (nSPS) is 27.4. The Morgan fingerprint density at radius 3 is 2.83 bits per heavy atom. The molecule has 5 rings (SSSR count). The van der Waals surface area contributed by atoms with E-state index in [-0.39, 0.29) is 6.04 Å². The molecule has 0 saturated carbocycles. The minimum absolute atomic E-state index is 0.209. The third kappa shape index (κ3) is 2.79. The van der Waals surface area contributed by atoms with E-state index in [1.165, 1.54) is 28.1 Å². The maximum Gasteiger partial charge on any atom is 0.117 e. The number of benzene rings is 1. The fourth-order valence-electron chi connectivity index (χ4n) is 4.93. The number of hydrogen-bond donors (Lipinski definition) is 0. The molecule has 2 heterocycles. The Balaban J connectivity index is 1.67. The number of nitriles is 1. The second-order valence-corrected chi connectivity index (χ2v) is 8.13. The third-order valence-corrected chi connectivity index (χ3v) is 6.53. The summed E-state index contributed by atoms with van der Waals surface area (Å²) in [5.41, 5.74) is 7.23. The molecule has 29 heavy (non-hydrogen) atoms. The SMILES string of the molecule is CC1C=C(C2=C(N3c4ccccc4C4C=CC=CC43)C=CCC2)C=C(C#N)N1C. The van der Waals surface area contributed by atoms with Crippen molar-refractivity contribution in [2.45, 2.75) is 37.8 Å². The number of fused-ring (bicyclic) bond motifs is 3. The lowest BCUT2D eigenvalue weighted by molar-refractivity contribution is 0.380. The summed E-state index contributed by atoms with van der Waals surface area (Å²) in [6, 6.07) is 11.6. The molecule has 3 heteroatoms. The molecule has 3 atom stereocenters. The van der Waals surface area contributed by atoms with Crippen LogP contribution in [0.2, 0.25) is 0 Å². The molecule has 3 unspecified atom stereocenters. The molecule has 4 aliphatic rings. The summed E-state index contributed by atoms with van der Waals surface area (Å²) in [7, 11) is 1.99. The van der Waals surface area contributed by atoms with Crippen molar-refractivity contribution < 1.29 is 0 Å². The first-order valence-corrected chi connectivity index (χ1v) is 10.4. The van der Waals surface area contributed by atoms with Crippen molar-refractivity contribution in [2.75, 3.05) is 11.9 Å². The van der Waals surface area contributed by atoms with Gasteiger partial charge < -0.3 is 9.80 Å². The van der Waals surface area contributed by atoms with Crippen LogP contribution in [0.1, 0.15) is 31.2 Å². The highest BCUT2D eigenvalue weighted by atomic mass is 15.2. The average Bonchev–Trinajstić information content (AvgIpc) is 3.10. The molecular weight excluding hydrogens is 354 g/mol. The topological polar surface area (TPSA) is 30.3 Å². The predicted molar refractivity (Wildman–Crippen MR) is 118 cm³/mol. The monoisotopic (exact) mass is 379 g/mol. The van der Waals surface area contributed by atoms with Crippen LogP contribution in [0.3, 0.4) is 0 Å². The maximum atomic E-state index is 9.61. The molecular formula is C26H25N3. The van der Waals surface area contributed by atoms with E-state index in [1.54, 1.807) is 0 Å². The second kappa shape index (κ2) is 6.97. The first kappa shape index (κ1) is 17.8. The lowest BCUT2D eigenvalue weighted by atomic mass is 9.89. The van der Waals surface area contributed by atoms with Crippen LogP contribution in [0.15, 0.2) is 95.4 Å². The van der Waals surface area contributed by atoms with E-state index in [2.05, 4.69) is 90.8 Å². The fourth-order valence-corrected chi connectivity index (χ4v) is 4.93. The van der Waals surface area contributed by atoms with Gasteiger partial charge in [-0.25, -0.2) is 0 Å². The van der Waals surface area contributed by atoms with E-state index >= 15 is 0 Å². The van der Waals surface area contributed by atoms with Gasteiger partial charge in [0.1, 0.15) is 11.8 Å². The summed E-state index contributed by atoms with van der Waals surface area (Å²) in [6.45, 7) is 2.15. The summed E-state index contributed by atoms with van der Waals surface area (Å²) >= 11 is 0. The van der Waals surface area contributed by atoms with Crippen LogP contribution in [0.4, 0.5) is 5.69 Å². The molecule has 1 aromatic rings. The molecule has 0 bridgehead atoms. The van der Waals surface area contributed by atoms with Crippen molar-refractivity contribution in [1.29, 1.82) is 5.26 Å². The van der Waals surface area contributed by atoms with Gasteiger partial charge in [-0.3, -0.25) is 0 Å². The van der Waals surface area contributed by atoms with Crippen LogP contribution in [-0.2, 0) is 0 Å². The summed E-state index contributed by atoms with van der Waals surface area (Å²) < 4.78 is 0. The highest BCUT2D eigenvalue weighted by Gasteiger charge is 2.38. The predicted octanol–water partition coefficient (Wildman–Crippen LogP) is 5.36. The van der Waals surface area contributed by atoms with Gasteiger partial charge in [0, 0.05) is 30.4 Å². The summed E-state index contributed by atoms with van der Waals surface area (Å²) in [4.78, 5) is 4.55. The van der Waals surface area contributed by atoms with Gasteiger partial charge in [0.15, 0.2) is 0 Å². The zero-order valence-electron chi connectivity index (χ0n) is 16.9. The van der Waals surface area contributed by atoms with Crippen molar-refractivity contribution in [1.82, 2.24) is 4.90 Å². The number of likely N-dealkylation sites (N-methyl/N-ethyl adjacent to an activating group) is 1. The Hall–Kier alpha value is -3.25. The molecule has 0 fully saturated rings. The van der Waals surface area contributed by atoms with Crippen LogP contribution >= 0.6 is 0 Å². The third-order valence-electron chi connectivity index (χ3n) is 6.53. The van der Waals surface area contributed by atoms with Crippen LogP contribution in [0.5, 0.6) is 0 Å². The van der Waals surface area contributed by atoms with E-state index in [9.17, 15) is 5.26 Å². The number of hydrogen-bond acceptors (Lipinski definition) is 3. The van der Waals surface area contributed by atoms with Crippen LogP contribution < -0.4 is 4.90 Å². The van der Waals surface area contributed by atoms with Crippen molar-refractivity contribution in [3.63, 3.8) is 0 Å². The molecule has 0 spiro atoms. The summed E-state index contributed by atoms with van der Waals surface area (Å²) in [6.07, 6.45) is 19.9. The van der Waals surface area contributed by atoms with E-state index < -0.39 is 0 Å². The van der Waals surface area contributed by atoms with Crippen LogP contribution in [0, 0.1) is 11.3 Å². The zero-order chi connectivity index (χ0) is 20.0. The van der Waals surface area contributed by atoms with Gasteiger partial charge in [0.05, 0.1) is 6.04 Å². The standard InChI is InChI=1S/C26H25N3/c1-18-15-19(16-20(17-27)28(18)2)21-9-3-6-12-24(21)29-25-13-7-4-10-22(25)23-11-5-8-14-26(23)29/h4-8,10-16,18,22,25H,3,9H2,1-2H3. The van der Waals surface area contributed by atoms with E-state index in [4.69, 9.17) is 0 Å². The molecule has 2 aliphatic carbocycles. The van der Waals surface area contributed by atoms with Crippen molar-refractivity contribution >= 4 is 5.69 Å². The lowest BCUT2D eigenvalue weighted by Gasteiger charge is -2.34. The minimum atomic E-state index is 0.209. The highest BCUT2D eigenvalue weighted by Crippen LogP contribution is 2.47. The Morgan fingerprint density at radius 1 is 1.14 bits per heavy atom. The Labute approximate surface area is 172 Å². The zero-order valence-corrected chi connectivity index (χ0v) is 16.9. The second-order valence-electron chi connectivity index (χ2n) is 8.13. The highest BCUT2D eigenvalue weighted by molar-refractivity contribution is 5.72. The quantitative estimate of drug-likeness (QED) is 0.693. The molecule has 1 aromatic carbocycles. The fraction of sp³-hybridized carbons (Fsp3) is 0.269. The van der Waals surface area contributed by atoms with Gasteiger partial charge in [-0.05, 0) is 54.7 Å². The molecule has 0 saturated heterocycles. The first-order valence-electron chi connectivity index (χ1n) is 10.4. The van der Waals surface area contributed by atoms with Gasteiger partial charge >= 0.3 is 0 Å². The Morgan fingerprint density at radius 2 is 1.97 bits per heavy atom. The van der Waals surface area contributed by atoms with E-state index in [0.717, 1.165) is 18.5 Å². The molecule has 0 aromatic heterocycles. The molecule has 2 aliphatic heterocycles. The van der Waals surface area contributed by atoms with Gasteiger partial charge in [-0.15, -0.1) is 0 Å². The maximum absolute atomic E-state index is 9.61. The Bertz CT molecular complexity index is 1070. The minimum Gasteiger partial charge on any atom is -0.360 e. The molecule has 0 radical (unpaired) electrons. The van der Waals surface area contributed by atoms with Crippen LogP contribution in [0.25, 0.3) is 0 Å². The van der Waals surface area contributed by atoms with Gasteiger partial charge in [0.25, 0.3) is 0 Å². The number of anilines is 1. The van der Waals surface area contributed by atoms with Crippen molar-refractivity contribution in [2.24, 2.45) is 0 Å². The van der Waals surface area contributed by atoms with Gasteiger partial charge in [-0.1, -0.05) is 54.7 Å². The average molecular weight is 380 g/mol. The van der Waals surface area contributed by atoms with Gasteiger partial charge in [0.2, 0.25) is 0 Å². The first-order chi connectivity index (χ1) is 14.2.